The summed E-state index contributed by atoms with van der Waals surface area (Å²) in [6.45, 7) is 9.35. The first-order valence-corrected chi connectivity index (χ1v) is 9.14. The predicted octanol–water partition coefficient (Wildman–Crippen LogP) is 3.24. The Morgan fingerprint density at radius 3 is 2.72 bits per heavy atom. The fourth-order valence-corrected chi connectivity index (χ4v) is 3.93. The lowest BCUT2D eigenvalue weighted by Gasteiger charge is -2.38. The Kier molecular flexibility index (Phi) is 5.59. The Balaban J connectivity index is 1.61. The fourth-order valence-electron chi connectivity index (χ4n) is 3.93. The molecule has 2 aliphatic heterocycles. The molecule has 5 nitrogen and oxygen atoms in total. The number of nitrogens with zero attached hydrogens (tertiary/aromatic N) is 2. The molecule has 0 radical (unpaired) electrons. The van der Waals surface area contributed by atoms with Gasteiger partial charge in [0.25, 0.3) is 0 Å². The van der Waals surface area contributed by atoms with E-state index in [4.69, 9.17) is 4.74 Å². The molecule has 0 aromatic heterocycles. The molecule has 2 amide bonds. The van der Waals surface area contributed by atoms with E-state index < -0.39 is 0 Å². The van der Waals surface area contributed by atoms with Gasteiger partial charge in [-0.15, -0.1) is 0 Å². The smallest absolute Gasteiger partial charge is 0.322 e. The van der Waals surface area contributed by atoms with Crippen LogP contribution in [0.15, 0.2) is 18.2 Å². The highest BCUT2D eigenvalue weighted by atomic mass is 19.1. The minimum atomic E-state index is -0.389. The molecule has 0 spiro atoms. The van der Waals surface area contributed by atoms with Crippen molar-refractivity contribution in [3.05, 3.63) is 29.6 Å². The van der Waals surface area contributed by atoms with E-state index in [1.807, 2.05) is 11.8 Å². The second-order valence-electron chi connectivity index (χ2n) is 7.38. The summed E-state index contributed by atoms with van der Waals surface area (Å²) in [5.41, 5.74) is 1.08. The molecule has 0 saturated carbocycles. The van der Waals surface area contributed by atoms with Gasteiger partial charge in [0, 0.05) is 32.2 Å². The zero-order chi connectivity index (χ0) is 18.0. The topological polar surface area (TPSA) is 44.8 Å². The number of carbonyl (C=O) groups is 1. The second kappa shape index (κ2) is 7.70. The van der Waals surface area contributed by atoms with Crippen molar-refractivity contribution in [1.29, 1.82) is 0 Å². The standard InChI is InChI=1S/C19H28FN3O2/c1-13-6-7-18(17(20)9-13)21-19(24)23-8-4-5-16(23)12-22-10-14(2)25-15(3)11-22/h6-7,9,14-16H,4-5,8,10-12H2,1-3H3,(H,21,24)/t14-,15+,16-/m1/s1. The molecule has 2 saturated heterocycles. The van der Waals surface area contributed by atoms with Crippen LogP contribution in [0.4, 0.5) is 14.9 Å². The van der Waals surface area contributed by atoms with Crippen LogP contribution in [-0.4, -0.2) is 60.3 Å². The molecule has 3 atom stereocenters. The summed E-state index contributed by atoms with van der Waals surface area (Å²) < 4.78 is 19.8. The second-order valence-corrected chi connectivity index (χ2v) is 7.38. The predicted molar refractivity (Wildman–Crippen MR) is 96.3 cm³/mol. The fraction of sp³-hybridized carbons (Fsp3) is 0.632. The van der Waals surface area contributed by atoms with Crippen molar-refractivity contribution in [3.8, 4) is 0 Å². The summed E-state index contributed by atoms with van der Waals surface area (Å²) in [6.07, 6.45) is 2.41. The minimum absolute atomic E-state index is 0.172. The monoisotopic (exact) mass is 349 g/mol. The van der Waals surface area contributed by atoms with Crippen LogP contribution >= 0.6 is 0 Å². The van der Waals surface area contributed by atoms with Gasteiger partial charge in [-0.2, -0.15) is 0 Å². The third-order valence-corrected chi connectivity index (χ3v) is 4.97. The molecular weight excluding hydrogens is 321 g/mol. The Labute approximate surface area is 149 Å². The van der Waals surface area contributed by atoms with E-state index in [1.165, 1.54) is 6.07 Å². The molecule has 2 aliphatic rings. The highest BCUT2D eigenvalue weighted by molar-refractivity contribution is 5.89. The number of amides is 2. The quantitative estimate of drug-likeness (QED) is 0.911. The first-order valence-electron chi connectivity index (χ1n) is 9.14. The van der Waals surface area contributed by atoms with Crippen LogP contribution in [0.3, 0.4) is 0 Å². The van der Waals surface area contributed by atoms with Crippen molar-refractivity contribution in [2.45, 2.75) is 51.9 Å². The molecule has 1 N–H and O–H groups in total. The van der Waals surface area contributed by atoms with E-state index >= 15 is 0 Å². The largest absolute Gasteiger partial charge is 0.373 e. The molecule has 2 fully saturated rings. The molecular formula is C19H28FN3O2. The summed E-state index contributed by atoms with van der Waals surface area (Å²) in [5, 5.41) is 2.73. The minimum Gasteiger partial charge on any atom is -0.373 e. The molecule has 2 heterocycles. The van der Waals surface area contributed by atoms with Gasteiger partial charge >= 0.3 is 6.03 Å². The number of morpholine rings is 1. The van der Waals surface area contributed by atoms with Crippen molar-refractivity contribution < 1.29 is 13.9 Å². The molecule has 3 rings (SSSR count). The zero-order valence-electron chi connectivity index (χ0n) is 15.3. The number of aryl methyl sites for hydroxylation is 1. The third-order valence-electron chi connectivity index (χ3n) is 4.97. The van der Waals surface area contributed by atoms with Crippen LogP contribution in [0.5, 0.6) is 0 Å². The number of likely N-dealkylation sites (tertiary alicyclic amines) is 1. The molecule has 6 heteroatoms. The van der Waals surface area contributed by atoms with Crippen LogP contribution < -0.4 is 5.32 Å². The molecule has 25 heavy (non-hydrogen) atoms. The van der Waals surface area contributed by atoms with Crippen molar-refractivity contribution in [2.24, 2.45) is 0 Å². The van der Waals surface area contributed by atoms with Gasteiger partial charge in [0.2, 0.25) is 0 Å². The number of benzene rings is 1. The first-order chi connectivity index (χ1) is 11.9. The maximum atomic E-state index is 14.0. The third kappa shape index (κ3) is 4.50. The zero-order valence-corrected chi connectivity index (χ0v) is 15.3. The van der Waals surface area contributed by atoms with Gasteiger partial charge in [0.05, 0.1) is 17.9 Å². The lowest BCUT2D eigenvalue weighted by Crippen LogP contribution is -2.51. The van der Waals surface area contributed by atoms with Crippen molar-refractivity contribution in [3.63, 3.8) is 0 Å². The SMILES string of the molecule is Cc1ccc(NC(=O)N2CCC[C@@H]2CN2C[C@@H](C)O[C@@H](C)C2)c(F)c1. The number of carbonyl (C=O) groups excluding carboxylic acids is 1. The lowest BCUT2D eigenvalue weighted by atomic mass is 10.1. The summed E-state index contributed by atoms with van der Waals surface area (Å²) in [6, 6.07) is 4.83. The highest BCUT2D eigenvalue weighted by Gasteiger charge is 2.32. The van der Waals surface area contributed by atoms with Crippen LogP contribution in [0.1, 0.15) is 32.3 Å². The van der Waals surface area contributed by atoms with Gasteiger partial charge in [-0.3, -0.25) is 4.90 Å². The van der Waals surface area contributed by atoms with Gasteiger partial charge in [0.1, 0.15) is 5.82 Å². The summed E-state index contributed by atoms with van der Waals surface area (Å²) >= 11 is 0. The van der Waals surface area contributed by atoms with E-state index in [0.29, 0.717) is 0 Å². The molecule has 138 valence electrons. The normalized spacial score (nSPS) is 27.5. The Morgan fingerprint density at radius 2 is 2.04 bits per heavy atom. The molecule has 1 aromatic carbocycles. The number of hydrogen-bond acceptors (Lipinski definition) is 3. The van der Waals surface area contributed by atoms with Crippen LogP contribution in [0.25, 0.3) is 0 Å². The van der Waals surface area contributed by atoms with Crippen molar-refractivity contribution in [1.82, 2.24) is 9.80 Å². The van der Waals surface area contributed by atoms with Gasteiger partial charge in [0.15, 0.2) is 0 Å². The average Bonchev–Trinajstić information content (AvgIpc) is 2.97. The van der Waals surface area contributed by atoms with Crippen molar-refractivity contribution in [2.75, 3.05) is 31.5 Å². The summed E-state index contributed by atoms with van der Waals surface area (Å²) in [4.78, 5) is 16.9. The maximum Gasteiger partial charge on any atom is 0.322 e. The van der Waals surface area contributed by atoms with E-state index in [0.717, 1.165) is 44.6 Å². The van der Waals surface area contributed by atoms with Gasteiger partial charge < -0.3 is 15.0 Å². The number of rotatable bonds is 3. The average molecular weight is 349 g/mol. The summed E-state index contributed by atoms with van der Waals surface area (Å²) in [5.74, 6) is -0.389. The maximum absolute atomic E-state index is 14.0. The number of nitrogens with one attached hydrogen (secondary N) is 1. The van der Waals surface area contributed by atoms with E-state index in [9.17, 15) is 9.18 Å². The molecule has 1 aromatic rings. The van der Waals surface area contributed by atoms with Crippen LogP contribution in [0, 0.1) is 12.7 Å². The number of anilines is 1. The molecule has 0 bridgehead atoms. The number of urea groups is 1. The summed E-state index contributed by atoms with van der Waals surface area (Å²) in [7, 11) is 0. The Bertz CT molecular complexity index is 615. The Morgan fingerprint density at radius 1 is 1.32 bits per heavy atom. The number of ether oxygens (including phenoxy) is 1. The first kappa shape index (κ1) is 18.1. The highest BCUT2D eigenvalue weighted by Crippen LogP contribution is 2.23. The van der Waals surface area contributed by atoms with Gasteiger partial charge in [-0.05, 0) is 51.3 Å². The Hall–Kier alpha value is -1.66. The molecule has 0 aliphatic carbocycles. The molecule has 0 unspecified atom stereocenters. The van der Waals surface area contributed by atoms with E-state index in [2.05, 4.69) is 24.1 Å². The van der Waals surface area contributed by atoms with Gasteiger partial charge in [-0.25, -0.2) is 9.18 Å². The lowest BCUT2D eigenvalue weighted by molar-refractivity contribution is -0.0712. The van der Waals surface area contributed by atoms with Gasteiger partial charge in [-0.1, -0.05) is 6.07 Å². The van der Waals surface area contributed by atoms with Crippen LogP contribution in [-0.2, 0) is 4.74 Å². The number of halogens is 1. The van der Waals surface area contributed by atoms with Crippen molar-refractivity contribution >= 4 is 11.7 Å². The van der Waals surface area contributed by atoms with E-state index in [-0.39, 0.29) is 35.8 Å². The number of hydrogen-bond donors (Lipinski definition) is 1. The van der Waals surface area contributed by atoms with Crippen LogP contribution in [0.2, 0.25) is 0 Å². The van der Waals surface area contributed by atoms with E-state index in [1.54, 1.807) is 12.1 Å².